The van der Waals surface area contributed by atoms with Gasteiger partial charge in [0.05, 0.1) is 6.61 Å². The van der Waals surface area contributed by atoms with E-state index in [-0.39, 0.29) is 18.3 Å². The van der Waals surface area contributed by atoms with E-state index in [2.05, 4.69) is 11.8 Å². The summed E-state index contributed by atoms with van der Waals surface area (Å²) in [5.74, 6) is -1.67. The molecule has 1 aliphatic heterocycles. The minimum absolute atomic E-state index is 0.000106. The van der Waals surface area contributed by atoms with Gasteiger partial charge in [-0.2, -0.15) is 0 Å². The molecule has 1 heterocycles. The standard InChI is InChI=1S/C13H23F2NO/c1-11-3-5-16(6-4-11)9-12(10-17-2)7-13(14,15)8-12/h11H,3-10H2,1-2H3. The zero-order valence-electron chi connectivity index (χ0n) is 10.8. The zero-order chi connectivity index (χ0) is 12.5. The van der Waals surface area contributed by atoms with E-state index in [4.69, 9.17) is 4.74 Å². The number of ether oxygens (including phenoxy) is 1. The Morgan fingerprint density at radius 3 is 2.29 bits per heavy atom. The van der Waals surface area contributed by atoms with Gasteiger partial charge in [-0.1, -0.05) is 6.92 Å². The number of halogens is 2. The molecule has 4 heteroatoms. The molecule has 17 heavy (non-hydrogen) atoms. The molecule has 2 rings (SSSR count). The number of hydrogen-bond acceptors (Lipinski definition) is 2. The van der Waals surface area contributed by atoms with Gasteiger partial charge >= 0.3 is 0 Å². The van der Waals surface area contributed by atoms with Gasteiger partial charge in [0.1, 0.15) is 0 Å². The molecule has 0 N–H and O–H groups in total. The van der Waals surface area contributed by atoms with Crippen molar-refractivity contribution in [1.82, 2.24) is 4.90 Å². The molecule has 0 bridgehead atoms. The van der Waals surface area contributed by atoms with Gasteiger partial charge in [0.2, 0.25) is 5.92 Å². The molecule has 1 aliphatic carbocycles. The molecule has 0 atom stereocenters. The van der Waals surface area contributed by atoms with Gasteiger partial charge in [-0.15, -0.1) is 0 Å². The van der Waals surface area contributed by atoms with Crippen LogP contribution in [0.3, 0.4) is 0 Å². The lowest BCUT2D eigenvalue weighted by atomic mass is 9.66. The number of nitrogens with zero attached hydrogens (tertiary/aromatic N) is 1. The van der Waals surface area contributed by atoms with Crippen molar-refractivity contribution >= 4 is 0 Å². The van der Waals surface area contributed by atoms with Gasteiger partial charge in [0.15, 0.2) is 0 Å². The first-order chi connectivity index (χ1) is 7.95. The van der Waals surface area contributed by atoms with Crippen molar-refractivity contribution in [2.75, 3.05) is 33.4 Å². The lowest BCUT2D eigenvalue weighted by Gasteiger charge is -2.50. The van der Waals surface area contributed by atoms with Gasteiger partial charge in [-0.25, -0.2) is 8.78 Å². The lowest BCUT2D eigenvalue weighted by molar-refractivity contribution is -0.187. The molecule has 1 saturated carbocycles. The number of hydrogen-bond donors (Lipinski definition) is 0. The zero-order valence-corrected chi connectivity index (χ0v) is 10.8. The van der Waals surface area contributed by atoms with Gasteiger partial charge in [0, 0.05) is 31.9 Å². The topological polar surface area (TPSA) is 12.5 Å². The predicted molar refractivity (Wildman–Crippen MR) is 63.3 cm³/mol. The minimum Gasteiger partial charge on any atom is -0.384 e. The van der Waals surface area contributed by atoms with Gasteiger partial charge in [0.25, 0.3) is 0 Å². The first-order valence-electron chi connectivity index (χ1n) is 6.54. The van der Waals surface area contributed by atoms with E-state index >= 15 is 0 Å². The molecule has 1 saturated heterocycles. The second-order valence-electron chi connectivity index (χ2n) is 6.10. The van der Waals surface area contributed by atoms with Crippen LogP contribution in [0.4, 0.5) is 8.78 Å². The molecule has 2 aliphatic rings. The summed E-state index contributed by atoms with van der Waals surface area (Å²) in [4.78, 5) is 2.34. The third-order valence-corrected chi connectivity index (χ3v) is 4.15. The third kappa shape index (κ3) is 3.16. The molecule has 100 valence electrons. The fourth-order valence-corrected chi connectivity index (χ4v) is 3.31. The van der Waals surface area contributed by atoms with E-state index < -0.39 is 5.92 Å². The van der Waals surface area contributed by atoms with Crippen LogP contribution in [0.15, 0.2) is 0 Å². The highest BCUT2D eigenvalue weighted by Gasteiger charge is 2.56. The summed E-state index contributed by atoms with van der Waals surface area (Å²) in [5, 5.41) is 0. The summed E-state index contributed by atoms with van der Waals surface area (Å²) in [5.41, 5.74) is -0.293. The molecule has 2 fully saturated rings. The van der Waals surface area contributed by atoms with E-state index in [9.17, 15) is 8.78 Å². The Labute approximate surface area is 102 Å². The summed E-state index contributed by atoms with van der Waals surface area (Å²) < 4.78 is 31.3. The van der Waals surface area contributed by atoms with Crippen molar-refractivity contribution in [2.24, 2.45) is 11.3 Å². The molecular formula is C13H23F2NO. The molecule has 2 nitrogen and oxygen atoms in total. The first-order valence-corrected chi connectivity index (χ1v) is 6.54. The van der Waals surface area contributed by atoms with Crippen molar-refractivity contribution in [3.8, 4) is 0 Å². The molecule has 0 radical (unpaired) electrons. The molecule has 0 amide bonds. The highest BCUT2D eigenvalue weighted by molar-refractivity contribution is 5.01. The van der Waals surface area contributed by atoms with Crippen LogP contribution in [0.1, 0.15) is 32.6 Å². The summed E-state index contributed by atoms with van der Waals surface area (Å²) in [6.45, 7) is 5.62. The van der Waals surface area contributed by atoms with Crippen molar-refractivity contribution in [3.05, 3.63) is 0 Å². The van der Waals surface area contributed by atoms with Crippen molar-refractivity contribution in [2.45, 2.75) is 38.5 Å². The smallest absolute Gasteiger partial charge is 0.249 e. The number of rotatable bonds is 4. The Hall–Kier alpha value is -0.220. The normalized spacial score (nSPS) is 28.9. The van der Waals surface area contributed by atoms with Crippen LogP contribution in [0.25, 0.3) is 0 Å². The Bertz CT molecular complexity index is 254. The van der Waals surface area contributed by atoms with E-state index in [1.807, 2.05) is 0 Å². The van der Waals surface area contributed by atoms with Gasteiger partial charge in [-0.05, 0) is 31.8 Å². The van der Waals surface area contributed by atoms with Crippen LogP contribution < -0.4 is 0 Å². The summed E-state index contributed by atoms with van der Waals surface area (Å²) in [6.07, 6.45) is 2.39. The van der Waals surface area contributed by atoms with Gasteiger partial charge in [-0.3, -0.25) is 0 Å². The average Bonchev–Trinajstić information content (AvgIpc) is 2.19. The summed E-state index contributed by atoms with van der Waals surface area (Å²) >= 11 is 0. The molecule has 0 aromatic carbocycles. The second kappa shape index (κ2) is 4.81. The number of likely N-dealkylation sites (tertiary alicyclic amines) is 1. The van der Waals surface area contributed by atoms with Crippen molar-refractivity contribution in [1.29, 1.82) is 0 Å². The van der Waals surface area contributed by atoms with Crippen molar-refractivity contribution in [3.63, 3.8) is 0 Å². The maximum Gasteiger partial charge on any atom is 0.249 e. The molecule has 0 unspecified atom stereocenters. The van der Waals surface area contributed by atoms with Crippen LogP contribution in [-0.4, -0.2) is 44.2 Å². The van der Waals surface area contributed by atoms with E-state index in [1.54, 1.807) is 7.11 Å². The minimum atomic E-state index is -2.46. The third-order valence-electron chi connectivity index (χ3n) is 4.15. The predicted octanol–water partition coefficient (Wildman–Crippen LogP) is 2.78. The van der Waals surface area contributed by atoms with E-state index in [1.165, 1.54) is 12.8 Å². The maximum absolute atomic E-state index is 13.1. The maximum atomic E-state index is 13.1. The van der Waals surface area contributed by atoms with E-state index in [0.29, 0.717) is 6.61 Å². The highest BCUT2D eigenvalue weighted by Crippen LogP contribution is 2.52. The Balaban J connectivity index is 1.86. The quantitative estimate of drug-likeness (QED) is 0.757. The molecule has 0 spiro atoms. The fourth-order valence-electron chi connectivity index (χ4n) is 3.31. The van der Waals surface area contributed by atoms with Gasteiger partial charge < -0.3 is 9.64 Å². The Morgan fingerprint density at radius 1 is 1.24 bits per heavy atom. The van der Waals surface area contributed by atoms with Crippen LogP contribution in [0.2, 0.25) is 0 Å². The van der Waals surface area contributed by atoms with Crippen LogP contribution >= 0.6 is 0 Å². The molecule has 0 aromatic rings. The SMILES string of the molecule is COCC1(CN2CCC(C)CC2)CC(F)(F)C1. The number of piperidine rings is 1. The van der Waals surface area contributed by atoms with E-state index in [0.717, 1.165) is 25.6 Å². The number of alkyl halides is 2. The van der Waals surface area contributed by atoms with Crippen LogP contribution in [0, 0.1) is 11.3 Å². The second-order valence-corrected chi connectivity index (χ2v) is 6.10. The number of methoxy groups -OCH3 is 1. The summed E-state index contributed by atoms with van der Waals surface area (Å²) in [6, 6.07) is 0. The first kappa shape index (κ1) is 13.2. The average molecular weight is 247 g/mol. The monoisotopic (exact) mass is 247 g/mol. The molecule has 0 aromatic heterocycles. The largest absolute Gasteiger partial charge is 0.384 e. The highest BCUT2D eigenvalue weighted by atomic mass is 19.3. The van der Waals surface area contributed by atoms with Crippen LogP contribution in [-0.2, 0) is 4.74 Å². The van der Waals surface area contributed by atoms with Crippen LogP contribution in [0.5, 0.6) is 0 Å². The molecular weight excluding hydrogens is 224 g/mol. The lowest BCUT2D eigenvalue weighted by Crippen LogP contribution is -2.55. The Kier molecular flexibility index (Phi) is 3.74. The van der Waals surface area contributed by atoms with Crippen molar-refractivity contribution < 1.29 is 13.5 Å². The summed E-state index contributed by atoms with van der Waals surface area (Å²) in [7, 11) is 1.61. The fraction of sp³-hybridized carbons (Fsp3) is 1.00. The Morgan fingerprint density at radius 2 is 1.82 bits per heavy atom.